The summed E-state index contributed by atoms with van der Waals surface area (Å²) >= 11 is 0. The summed E-state index contributed by atoms with van der Waals surface area (Å²) in [5.74, 6) is 0.580. The van der Waals surface area contributed by atoms with Gasteiger partial charge < -0.3 is 0 Å². The lowest BCUT2D eigenvalue weighted by molar-refractivity contribution is 0.600. The number of aromatic amines is 1. The van der Waals surface area contributed by atoms with Crippen molar-refractivity contribution in [3.63, 3.8) is 0 Å². The molecule has 2 aromatic rings. The molecule has 5 nitrogen and oxygen atoms in total. The molecule has 20 heavy (non-hydrogen) atoms. The molecular weight excluding hydrogens is 274 g/mol. The molecule has 2 rings (SSSR count). The van der Waals surface area contributed by atoms with Gasteiger partial charge in [-0.05, 0) is 37.0 Å². The first-order valence-corrected chi connectivity index (χ1v) is 7.93. The van der Waals surface area contributed by atoms with Gasteiger partial charge in [-0.3, -0.25) is 9.82 Å². The molecule has 0 aliphatic carbocycles. The second kappa shape index (κ2) is 5.28. The molecular formula is C14H19N3O2S. The van der Waals surface area contributed by atoms with Crippen LogP contribution < -0.4 is 4.72 Å². The Bertz CT molecular complexity index is 718. The maximum absolute atomic E-state index is 12.4. The van der Waals surface area contributed by atoms with Crippen LogP contribution in [0, 0.1) is 13.8 Å². The zero-order valence-electron chi connectivity index (χ0n) is 12.1. The molecule has 0 aliphatic rings. The molecule has 0 saturated heterocycles. The minimum Gasteiger partial charge on any atom is -0.280 e. The number of sulfonamides is 1. The van der Waals surface area contributed by atoms with Gasteiger partial charge in [0.15, 0.2) is 5.82 Å². The van der Waals surface area contributed by atoms with E-state index in [1.54, 1.807) is 25.1 Å². The van der Waals surface area contributed by atoms with Gasteiger partial charge in [-0.1, -0.05) is 26.0 Å². The average molecular weight is 293 g/mol. The van der Waals surface area contributed by atoms with E-state index in [9.17, 15) is 8.42 Å². The fourth-order valence-electron chi connectivity index (χ4n) is 1.87. The number of benzene rings is 1. The van der Waals surface area contributed by atoms with Gasteiger partial charge in [-0.25, -0.2) is 8.42 Å². The van der Waals surface area contributed by atoms with Crippen LogP contribution in [0.1, 0.15) is 36.6 Å². The van der Waals surface area contributed by atoms with Crippen LogP contribution in [0.3, 0.4) is 0 Å². The maximum Gasteiger partial charge on any atom is 0.263 e. The van der Waals surface area contributed by atoms with Crippen LogP contribution in [0.2, 0.25) is 0 Å². The lowest BCUT2D eigenvalue weighted by atomic mass is 10.1. The number of hydrogen-bond acceptors (Lipinski definition) is 3. The van der Waals surface area contributed by atoms with Crippen molar-refractivity contribution in [2.24, 2.45) is 0 Å². The SMILES string of the molecule is Cc1ccc(C)c(S(=O)(=O)Nc2cc(C(C)C)[nH]n2)c1. The Kier molecular flexibility index (Phi) is 3.85. The normalized spacial score (nSPS) is 11.8. The summed E-state index contributed by atoms with van der Waals surface area (Å²) in [5, 5.41) is 6.81. The molecule has 0 aliphatic heterocycles. The van der Waals surface area contributed by atoms with E-state index in [1.807, 2.05) is 26.8 Å². The molecule has 0 spiro atoms. The van der Waals surface area contributed by atoms with Gasteiger partial charge in [0.1, 0.15) is 0 Å². The van der Waals surface area contributed by atoms with Gasteiger partial charge in [-0.15, -0.1) is 0 Å². The Morgan fingerprint density at radius 1 is 1.20 bits per heavy atom. The highest BCUT2D eigenvalue weighted by molar-refractivity contribution is 7.92. The summed E-state index contributed by atoms with van der Waals surface area (Å²) in [6, 6.07) is 7.06. The molecule has 1 heterocycles. The third-order valence-corrected chi connectivity index (χ3v) is 4.59. The van der Waals surface area contributed by atoms with E-state index < -0.39 is 10.0 Å². The molecule has 0 fully saturated rings. The maximum atomic E-state index is 12.4. The Morgan fingerprint density at radius 2 is 1.90 bits per heavy atom. The molecule has 6 heteroatoms. The lowest BCUT2D eigenvalue weighted by Gasteiger charge is -2.09. The predicted molar refractivity (Wildman–Crippen MR) is 79.4 cm³/mol. The van der Waals surface area contributed by atoms with E-state index in [0.29, 0.717) is 11.4 Å². The molecule has 0 saturated carbocycles. The van der Waals surface area contributed by atoms with Crippen LogP contribution in [0.4, 0.5) is 5.82 Å². The van der Waals surface area contributed by atoms with Crippen LogP contribution in [0.15, 0.2) is 29.2 Å². The first-order chi connectivity index (χ1) is 9.29. The summed E-state index contributed by atoms with van der Waals surface area (Å²) < 4.78 is 27.3. The van der Waals surface area contributed by atoms with Gasteiger partial charge >= 0.3 is 0 Å². The summed E-state index contributed by atoms with van der Waals surface area (Å²) in [5.41, 5.74) is 2.51. The fraction of sp³-hybridized carbons (Fsp3) is 0.357. The van der Waals surface area contributed by atoms with Crippen molar-refractivity contribution in [3.8, 4) is 0 Å². The predicted octanol–water partition coefficient (Wildman–Crippen LogP) is 2.95. The number of hydrogen-bond donors (Lipinski definition) is 2. The molecule has 1 aromatic carbocycles. The van der Waals surface area contributed by atoms with Crippen molar-refractivity contribution in [1.29, 1.82) is 0 Å². The Labute approximate surface area is 119 Å². The quantitative estimate of drug-likeness (QED) is 0.910. The third-order valence-electron chi connectivity index (χ3n) is 3.09. The summed E-state index contributed by atoms with van der Waals surface area (Å²) in [6.07, 6.45) is 0. The highest BCUT2D eigenvalue weighted by Gasteiger charge is 2.18. The van der Waals surface area contributed by atoms with Crippen LogP contribution >= 0.6 is 0 Å². The minimum atomic E-state index is -3.61. The first-order valence-electron chi connectivity index (χ1n) is 6.45. The van der Waals surface area contributed by atoms with Crippen molar-refractivity contribution in [1.82, 2.24) is 10.2 Å². The van der Waals surface area contributed by atoms with Gasteiger partial charge in [0.2, 0.25) is 0 Å². The molecule has 1 aromatic heterocycles. The Morgan fingerprint density at radius 3 is 2.50 bits per heavy atom. The summed E-state index contributed by atoms with van der Waals surface area (Å²) in [7, 11) is -3.61. The molecule has 0 bridgehead atoms. The van der Waals surface area contributed by atoms with Crippen molar-refractivity contribution < 1.29 is 8.42 Å². The van der Waals surface area contributed by atoms with E-state index >= 15 is 0 Å². The molecule has 0 amide bonds. The van der Waals surface area contributed by atoms with Crippen LogP contribution in [0.5, 0.6) is 0 Å². The first kappa shape index (κ1) is 14.6. The summed E-state index contributed by atoms with van der Waals surface area (Å²) in [4.78, 5) is 0.284. The van der Waals surface area contributed by atoms with Crippen LogP contribution in [-0.2, 0) is 10.0 Å². The highest BCUT2D eigenvalue weighted by Crippen LogP contribution is 2.21. The van der Waals surface area contributed by atoms with E-state index in [0.717, 1.165) is 11.3 Å². The smallest absolute Gasteiger partial charge is 0.263 e. The average Bonchev–Trinajstić information content (AvgIpc) is 2.80. The topological polar surface area (TPSA) is 74.8 Å². The zero-order valence-corrected chi connectivity index (χ0v) is 12.9. The van der Waals surface area contributed by atoms with E-state index in [-0.39, 0.29) is 10.8 Å². The molecule has 2 N–H and O–H groups in total. The van der Waals surface area contributed by atoms with Crippen molar-refractivity contribution >= 4 is 15.8 Å². The van der Waals surface area contributed by atoms with E-state index in [4.69, 9.17) is 0 Å². The standard InChI is InChI=1S/C14H19N3O2S/c1-9(2)12-8-14(16-15-12)17-20(18,19)13-7-10(3)5-6-11(13)4/h5-9H,1-4H3,(H2,15,16,17). The molecule has 0 atom stereocenters. The molecule has 0 unspecified atom stereocenters. The number of H-pyrrole nitrogens is 1. The van der Waals surface area contributed by atoms with Crippen LogP contribution in [0.25, 0.3) is 0 Å². The lowest BCUT2D eigenvalue weighted by Crippen LogP contribution is -2.14. The number of nitrogens with zero attached hydrogens (tertiary/aromatic N) is 1. The largest absolute Gasteiger partial charge is 0.280 e. The Balaban J connectivity index is 2.33. The molecule has 0 radical (unpaired) electrons. The van der Waals surface area contributed by atoms with Crippen LogP contribution in [-0.4, -0.2) is 18.6 Å². The Hall–Kier alpha value is -1.82. The monoisotopic (exact) mass is 293 g/mol. The fourth-order valence-corrected chi connectivity index (χ4v) is 3.20. The van der Waals surface area contributed by atoms with Gasteiger partial charge in [0.05, 0.1) is 4.90 Å². The second-order valence-corrected chi connectivity index (χ2v) is 6.89. The number of aromatic nitrogens is 2. The molecule has 108 valence electrons. The van der Waals surface area contributed by atoms with Crippen molar-refractivity contribution in [2.75, 3.05) is 4.72 Å². The number of aryl methyl sites for hydroxylation is 2. The zero-order chi connectivity index (χ0) is 14.9. The van der Waals surface area contributed by atoms with Gasteiger partial charge in [0, 0.05) is 11.8 Å². The summed E-state index contributed by atoms with van der Waals surface area (Å²) in [6.45, 7) is 7.66. The number of nitrogens with one attached hydrogen (secondary N) is 2. The minimum absolute atomic E-state index is 0.265. The van der Waals surface area contributed by atoms with Crippen molar-refractivity contribution in [2.45, 2.75) is 38.5 Å². The third kappa shape index (κ3) is 3.01. The van der Waals surface area contributed by atoms with Gasteiger partial charge in [-0.2, -0.15) is 5.10 Å². The van der Waals surface area contributed by atoms with Crippen molar-refractivity contribution in [3.05, 3.63) is 41.1 Å². The number of rotatable bonds is 4. The second-order valence-electron chi connectivity index (χ2n) is 5.24. The van der Waals surface area contributed by atoms with E-state index in [2.05, 4.69) is 14.9 Å². The van der Waals surface area contributed by atoms with Gasteiger partial charge in [0.25, 0.3) is 10.0 Å². The van der Waals surface area contributed by atoms with E-state index in [1.165, 1.54) is 0 Å². The highest BCUT2D eigenvalue weighted by atomic mass is 32.2. The number of anilines is 1.